The average Bonchev–Trinajstić information content (AvgIpc) is 2.93. The number of piperazine rings is 1. The molecule has 0 saturated carbocycles. The number of hydrogen-bond acceptors (Lipinski definition) is 5. The van der Waals surface area contributed by atoms with Gasteiger partial charge in [0, 0.05) is 37.8 Å². The molecule has 1 aromatic rings. The van der Waals surface area contributed by atoms with Crippen LogP contribution in [0.2, 0.25) is 0 Å². The summed E-state index contributed by atoms with van der Waals surface area (Å²) in [6, 6.07) is 5.77. The smallest absolute Gasteiger partial charge is 0.311 e. The lowest BCUT2D eigenvalue weighted by molar-refractivity contribution is -0.385. The molecule has 0 amide bonds. The van der Waals surface area contributed by atoms with Crippen molar-refractivity contribution in [3.8, 4) is 5.75 Å². The fourth-order valence-corrected chi connectivity index (χ4v) is 3.65. The van der Waals surface area contributed by atoms with E-state index in [1.54, 1.807) is 6.07 Å². The Balaban J connectivity index is 1.74. The second-order valence-corrected chi connectivity index (χ2v) is 6.04. The lowest BCUT2D eigenvalue weighted by atomic mass is 10.0. The number of phenolic OH excluding ortho intramolecular Hbond substituents is 1. The van der Waals surface area contributed by atoms with E-state index in [-0.39, 0.29) is 11.4 Å². The molecule has 0 bridgehead atoms. The van der Waals surface area contributed by atoms with E-state index in [0.717, 1.165) is 18.7 Å². The van der Waals surface area contributed by atoms with Crippen molar-refractivity contribution in [3.05, 3.63) is 33.9 Å². The number of nitro groups is 1. The molecule has 0 spiro atoms. The topological polar surface area (TPSA) is 69.8 Å². The quantitative estimate of drug-likeness (QED) is 0.681. The molecule has 0 unspecified atom stereocenters. The van der Waals surface area contributed by atoms with E-state index < -0.39 is 4.92 Å². The zero-order valence-corrected chi connectivity index (χ0v) is 12.2. The normalized spacial score (nSPS) is 26.7. The fraction of sp³-hybridized carbons (Fsp3) is 0.600. The fourth-order valence-electron chi connectivity index (χ4n) is 3.65. The van der Waals surface area contributed by atoms with E-state index in [1.807, 2.05) is 0 Å². The molecule has 2 atom stereocenters. The van der Waals surface area contributed by atoms with Crippen LogP contribution in [0.3, 0.4) is 0 Å². The van der Waals surface area contributed by atoms with Gasteiger partial charge in [0.2, 0.25) is 0 Å². The van der Waals surface area contributed by atoms with Crippen LogP contribution in [0.1, 0.15) is 25.3 Å². The molecule has 21 heavy (non-hydrogen) atoms. The maximum Gasteiger partial charge on any atom is 0.311 e. The van der Waals surface area contributed by atoms with Gasteiger partial charge in [0.25, 0.3) is 0 Å². The molecule has 6 nitrogen and oxygen atoms in total. The van der Waals surface area contributed by atoms with Gasteiger partial charge in [-0.05, 0) is 37.9 Å². The maximum atomic E-state index is 10.9. The Morgan fingerprint density at radius 2 is 2.19 bits per heavy atom. The monoisotopic (exact) mass is 291 g/mol. The van der Waals surface area contributed by atoms with Crippen LogP contribution >= 0.6 is 0 Å². The highest BCUT2D eigenvalue weighted by Crippen LogP contribution is 2.30. The van der Waals surface area contributed by atoms with Crippen molar-refractivity contribution in [3.63, 3.8) is 0 Å². The van der Waals surface area contributed by atoms with Gasteiger partial charge >= 0.3 is 5.69 Å². The molecule has 2 fully saturated rings. The Bertz CT molecular complexity index is 549. The van der Waals surface area contributed by atoms with Crippen molar-refractivity contribution in [2.45, 2.75) is 38.4 Å². The number of fused-ring (bicyclic) bond motifs is 1. The number of nitro benzene ring substituents is 1. The largest absolute Gasteiger partial charge is 0.502 e. The second-order valence-electron chi connectivity index (χ2n) is 6.04. The van der Waals surface area contributed by atoms with Crippen LogP contribution in [-0.2, 0) is 6.54 Å². The highest BCUT2D eigenvalue weighted by Gasteiger charge is 2.36. The summed E-state index contributed by atoms with van der Waals surface area (Å²) in [5.74, 6) is -0.266. The molecule has 6 heteroatoms. The van der Waals surface area contributed by atoms with Crippen LogP contribution in [0, 0.1) is 10.1 Å². The minimum atomic E-state index is -0.531. The van der Waals surface area contributed by atoms with Crippen molar-refractivity contribution in [2.24, 2.45) is 0 Å². The van der Waals surface area contributed by atoms with E-state index in [0.29, 0.717) is 18.6 Å². The van der Waals surface area contributed by atoms with E-state index in [1.165, 1.54) is 31.5 Å². The standard InChI is InChI=1S/C15H21N3O3/c1-11-13-3-2-6-16(13)7-8-17(11)10-12-4-5-15(19)14(9-12)18(20)21/h4-5,9,11,13,19H,2-3,6-8,10H2,1H3/t11-,13-/m1/s1. The van der Waals surface area contributed by atoms with Gasteiger partial charge in [-0.2, -0.15) is 0 Å². The van der Waals surface area contributed by atoms with Crippen LogP contribution < -0.4 is 0 Å². The number of rotatable bonds is 3. The van der Waals surface area contributed by atoms with Crippen LogP contribution in [0.25, 0.3) is 0 Å². The molecule has 0 aliphatic carbocycles. The number of hydrogen-bond donors (Lipinski definition) is 1. The van der Waals surface area contributed by atoms with Gasteiger partial charge in [0.1, 0.15) is 0 Å². The summed E-state index contributed by atoms with van der Waals surface area (Å²) in [5, 5.41) is 20.4. The first-order chi connectivity index (χ1) is 10.1. The summed E-state index contributed by atoms with van der Waals surface area (Å²) in [4.78, 5) is 15.3. The van der Waals surface area contributed by atoms with Gasteiger partial charge in [0.05, 0.1) is 4.92 Å². The lowest BCUT2D eigenvalue weighted by Gasteiger charge is -2.43. The van der Waals surface area contributed by atoms with Gasteiger partial charge in [-0.1, -0.05) is 6.07 Å². The third-order valence-electron chi connectivity index (χ3n) is 4.84. The molecule has 2 aliphatic rings. The lowest BCUT2D eigenvalue weighted by Crippen LogP contribution is -2.55. The summed E-state index contributed by atoms with van der Waals surface area (Å²) < 4.78 is 0. The predicted octanol–water partition coefficient (Wildman–Crippen LogP) is 1.97. The average molecular weight is 291 g/mol. The summed E-state index contributed by atoms with van der Waals surface area (Å²) >= 11 is 0. The zero-order chi connectivity index (χ0) is 15.0. The predicted molar refractivity (Wildman–Crippen MR) is 79.2 cm³/mol. The molecule has 1 aromatic carbocycles. The van der Waals surface area contributed by atoms with Gasteiger partial charge in [-0.25, -0.2) is 0 Å². The highest BCUT2D eigenvalue weighted by atomic mass is 16.6. The van der Waals surface area contributed by atoms with E-state index in [4.69, 9.17) is 0 Å². The molecule has 114 valence electrons. The van der Waals surface area contributed by atoms with Crippen LogP contribution in [0.4, 0.5) is 5.69 Å². The van der Waals surface area contributed by atoms with Crippen molar-refractivity contribution in [2.75, 3.05) is 19.6 Å². The molecule has 2 heterocycles. The SMILES string of the molecule is C[C@@H]1[C@H]2CCCN2CCN1Cc1ccc(O)c([N+](=O)[O-])c1. The third kappa shape index (κ3) is 2.73. The first-order valence-corrected chi connectivity index (χ1v) is 7.50. The van der Waals surface area contributed by atoms with Crippen LogP contribution in [-0.4, -0.2) is 51.5 Å². The van der Waals surface area contributed by atoms with Gasteiger partial charge in [-0.3, -0.25) is 19.9 Å². The summed E-state index contributed by atoms with van der Waals surface area (Å²) in [7, 11) is 0. The Hall–Kier alpha value is -1.66. The summed E-state index contributed by atoms with van der Waals surface area (Å²) in [5.41, 5.74) is 0.678. The zero-order valence-electron chi connectivity index (χ0n) is 12.2. The van der Waals surface area contributed by atoms with Crippen LogP contribution in [0.5, 0.6) is 5.75 Å². The molecule has 0 radical (unpaired) electrons. The minimum Gasteiger partial charge on any atom is -0.502 e. The first-order valence-electron chi connectivity index (χ1n) is 7.50. The number of phenols is 1. The van der Waals surface area contributed by atoms with Gasteiger partial charge in [0.15, 0.2) is 5.75 Å². The van der Waals surface area contributed by atoms with Gasteiger partial charge in [-0.15, -0.1) is 0 Å². The molecular weight excluding hydrogens is 270 g/mol. The van der Waals surface area contributed by atoms with E-state index in [9.17, 15) is 15.2 Å². The minimum absolute atomic E-state index is 0.209. The van der Waals surface area contributed by atoms with Crippen molar-refractivity contribution < 1.29 is 10.0 Å². The summed E-state index contributed by atoms with van der Waals surface area (Å²) in [6.07, 6.45) is 2.51. The molecule has 2 saturated heterocycles. The molecule has 0 aromatic heterocycles. The Kier molecular flexibility index (Phi) is 3.82. The molecule has 3 rings (SSSR count). The Morgan fingerprint density at radius 3 is 2.95 bits per heavy atom. The van der Waals surface area contributed by atoms with Crippen LogP contribution in [0.15, 0.2) is 18.2 Å². The maximum absolute atomic E-state index is 10.9. The second kappa shape index (κ2) is 5.61. The van der Waals surface area contributed by atoms with E-state index in [2.05, 4.69) is 16.7 Å². The summed E-state index contributed by atoms with van der Waals surface area (Å²) in [6.45, 7) is 6.22. The number of aromatic hydroxyl groups is 1. The van der Waals surface area contributed by atoms with Crippen molar-refractivity contribution >= 4 is 5.69 Å². The van der Waals surface area contributed by atoms with E-state index >= 15 is 0 Å². The van der Waals surface area contributed by atoms with Crippen molar-refractivity contribution in [1.82, 2.24) is 9.80 Å². The van der Waals surface area contributed by atoms with Crippen molar-refractivity contribution in [1.29, 1.82) is 0 Å². The molecule has 2 aliphatic heterocycles. The number of benzene rings is 1. The Morgan fingerprint density at radius 1 is 1.38 bits per heavy atom. The first kappa shape index (κ1) is 14.3. The highest BCUT2D eigenvalue weighted by molar-refractivity contribution is 5.47. The number of nitrogens with zero attached hydrogens (tertiary/aromatic N) is 3. The Labute approximate surface area is 124 Å². The van der Waals surface area contributed by atoms with Gasteiger partial charge < -0.3 is 5.11 Å². The molecular formula is C15H21N3O3. The molecule has 1 N–H and O–H groups in total. The third-order valence-corrected chi connectivity index (χ3v) is 4.84.